The standard InChI is InChI=1S/C22H27ClN6OS/c1-2-3-4-5-16-29-21(18-8-10-19(23)11-9-18)26-27-22(29)31-17-20(30)28(14-6-12-24)15-7-13-25/h8-11H,2-7,14-17H2,1H3. The maximum absolute atomic E-state index is 12.7. The number of hydrogen-bond acceptors (Lipinski definition) is 6. The van der Waals surface area contributed by atoms with Crippen molar-refractivity contribution in [2.45, 2.75) is 57.1 Å². The van der Waals surface area contributed by atoms with Gasteiger partial charge >= 0.3 is 0 Å². The van der Waals surface area contributed by atoms with Gasteiger partial charge in [0.15, 0.2) is 11.0 Å². The van der Waals surface area contributed by atoms with E-state index in [4.69, 9.17) is 22.1 Å². The Kier molecular flexibility index (Phi) is 10.9. The Balaban J connectivity index is 2.14. The number of thioether (sulfide) groups is 1. The van der Waals surface area contributed by atoms with Crippen LogP contribution in [0.15, 0.2) is 29.4 Å². The molecule has 164 valence electrons. The summed E-state index contributed by atoms with van der Waals surface area (Å²) < 4.78 is 2.06. The zero-order valence-corrected chi connectivity index (χ0v) is 19.3. The lowest BCUT2D eigenvalue weighted by atomic mass is 10.2. The number of carbonyl (C=O) groups excluding carboxylic acids is 1. The number of nitriles is 2. The van der Waals surface area contributed by atoms with Gasteiger partial charge in [-0.25, -0.2) is 0 Å². The Morgan fingerprint density at radius 3 is 2.39 bits per heavy atom. The number of carbonyl (C=O) groups is 1. The molecule has 0 atom stereocenters. The lowest BCUT2D eigenvalue weighted by Gasteiger charge is -2.20. The molecule has 0 aliphatic rings. The predicted molar refractivity (Wildman–Crippen MR) is 122 cm³/mol. The first kappa shape index (κ1) is 24.7. The second-order valence-corrected chi connectivity index (χ2v) is 8.39. The topological polar surface area (TPSA) is 98.6 Å². The van der Waals surface area contributed by atoms with Crippen LogP contribution in [0.5, 0.6) is 0 Å². The summed E-state index contributed by atoms with van der Waals surface area (Å²) in [5.41, 5.74) is 0.926. The Labute approximate surface area is 193 Å². The fraction of sp³-hybridized carbons (Fsp3) is 0.500. The van der Waals surface area contributed by atoms with Gasteiger partial charge < -0.3 is 9.47 Å². The largest absolute Gasteiger partial charge is 0.340 e. The molecule has 0 saturated carbocycles. The Morgan fingerprint density at radius 1 is 1.10 bits per heavy atom. The first-order valence-corrected chi connectivity index (χ1v) is 11.8. The van der Waals surface area contributed by atoms with Gasteiger partial charge in [0.1, 0.15) is 0 Å². The fourth-order valence-corrected chi connectivity index (χ4v) is 4.05. The van der Waals surface area contributed by atoms with Gasteiger partial charge in [-0.05, 0) is 30.7 Å². The molecule has 0 N–H and O–H groups in total. The summed E-state index contributed by atoms with van der Waals surface area (Å²) in [6.07, 6.45) is 4.94. The van der Waals surface area contributed by atoms with Crippen LogP contribution >= 0.6 is 23.4 Å². The minimum Gasteiger partial charge on any atom is -0.340 e. The van der Waals surface area contributed by atoms with Crippen molar-refractivity contribution in [2.24, 2.45) is 0 Å². The SMILES string of the molecule is CCCCCCn1c(SCC(=O)N(CCC#N)CCC#N)nnc1-c1ccc(Cl)cc1. The maximum Gasteiger partial charge on any atom is 0.233 e. The molecule has 1 amide bonds. The molecular weight excluding hydrogens is 432 g/mol. The number of halogens is 1. The smallest absolute Gasteiger partial charge is 0.233 e. The van der Waals surface area contributed by atoms with Crippen molar-refractivity contribution in [2.75, 3.05) is 18.8 Å². The Morgan fingerprint density at radius 2 is 1.77 bits per heavy atom. The van der Waals surface area contributed by atoms with E-state index in [1.54, 1.807) is 4.90 Å². The molecule has 0 radical (unpaired) electrons. The second kappa shape index (κ2) is 13.7. The molecule has 1 aromatic carbocycles. The summed E-state index contributed by atoms with van der Waals surface area (Å²) in [6.45, 7) is 3.61. The summed E-state index contributed by atoms with van der Waals surface area (Å²) in [5.74, 6) is 0.836. The first-order valence-electron chi connectivity index (χ1n) is 10.4. The molecular formula is C22H27ClN6OS. The molecule has 0 aliphatic carbocycles. The molecule has 0 spiro atoms. The Bertz CT molecular complexity index is 898. The third kappa shape index (κ3) is 7.90. The van der Waals surface area contributed by atoms with Crippen LogP contribution in [0.3, 0.4) is 0 Å². The highest BCUT2D eigenvalue weighted by molar-refractivity contribution is 7.99. The van der Waals surface area contributed by atoms with E-state index in [0.29, 0.717) is 23.3 Å². The molecule has 0 saturated heterocycles. The van der Waals surface area contributed by atoms with Crippen molar-refractivity contribution in [3.8, 4) is 23.5 Å². The summed E-state index contributed by atoms with van der Waals surface area (Å²) in [4.78, 5) is 14.2. The molecule has 0 unspecified atom stereocenters. The molecule has 1 heterocycles. The summed E-state index contributed by atoms with van der Waals surface area (Å²) in [6, 6.07) is 11.6. The molecule has 31 heavy (non-hydrogen) atoms. The average molecular weight is 459 g/mol. The molecule has 0 bridgehead atoms. The van der Waals surface area contributed by atoms with Crippen LogP contribution in [0.25, 0.3) is 11.4 Å². The van der Waals surface area contributed by atoms with Gasteiger partial charge in [0, 0.05) is 30.2 Å². The highest BCUT2D eigenvalue weighted by atomic mass is 35.5. The van der Waals surface area contributed by atoms with E-state index in [2.05, 4.69) is 33.8 Å². The molecule has 0 fully saturated rings. The van der Waals surface area contributed by atoms with E-state index in [1.165, 1.54) is 18.2 Å². The lowest BCUT2D eigenvalue weighted by Crippen LogP contribution is -2.34. The number of nitrogens with zero attached hydrogens (tertiary/aromatic N) is 6. The van der Waals surface area contributed by atoms with Gasteiger partial charge in [-0.1, -0.05) is 49.5 Å². The maximum atomic E-state index is 12.7. The van der Waals surface area contributed by atoms with Crippen LogP contribution in [-0.4, -0.2) is 44.4 Å². The minimum absolute atomic E-state index is 0.107. The molecule has 7 nitrogen and oxygen atoms in total. The van der Waals surface area contributed by atoms with Crippen LogP contribution < -0.4 is 0 Å². The number of amides is 1. The first-order chi connectivity index (χ1) is 15.1. The molecule has 1 aromatic heterocycles. The van der Waals surface area contributed by atoms with E-state index < -0.39 is 0 Å². The third-order valence-electron chi connectivity index (χ3n) is 4.72. The van der Waals surface area contributed by atoms with E-state index in [9.17, 15) is 4.79 Å². The number of aromatic nitrogens is 3. The van der Waals surface area contributed by atoms with E-state index in [1.807, 2.05) is 24.3 Å². The van der Waals surface area contributed by atoms with Gasteiger partial charge in [0.25, 0.3) is 0 Å². The van der Waals surface area contributed by atoms with Crippen LogP contribution in [-0.2, 0) is 11.3 Å². The minimum atomic E-state index is -0.107. The van der Waals surface area contributed by atoms with Crippen LogP contribution in [0.4, 0.5) is 0 Å². The van der Waals surface area contributed by atoms with E-state index >= 15 is 0 Å². The normalized spacial score (nSPS) is 10.5. The number of rotatable bonds is 13. The number of unbranched alkanes of at least 4 members (excludes halogenated alkanes) is 3. The fourth-order valence-electron chi connectivity index (χ4n) is 3.05. The van der Waals surface area contributed by atoms with Crippen LogP contribution in [0, 0.1) is 22.7 Å². The Hall–Kier alpha value is -2.55. The lowest BCUT2D eigenvalue weighted by molar-refractivity contribution is -0.128. The second-order valence-electron chi connectivity index (χ2n) is 7.01. The monoisotopic (exact) mass is 458 g/mol. The van der Waals surface area contributed by atoms with Gasteiger partial charge in [-0.3, -0.25) is 4.79 Å². The molecule has 0 aliphatic heterocycles. The van der Waals surface area contributed by atoms with Crippen molar-refractivity contribution in [3.63, 3.8) is 0 Å². The number of benzene rings is 1. The van der Waals surface area contributed by atoms with Crippen molar-refractivity contribution >= 4 is 29.3 Å². The van der Waals surface area contributed by atoms with Crippen LogP contribution in [0.1, 0.15) is 45.4 Å². The van der Waals surface area contributed by atoms with Gasteiger partial charge in [-0.15, -0.1) is 10.2 Å². The predicted octanol–water partition coefficient (Wildman–Crippen LogP) is 4.93. The molecule has 2 aromatic rings. The number of hydrogen-bond donors (Lipinski definition) is 0. The summed E-state index contributed by atoms with van der Waals surface area (Å²) in [7, 11) is 0. The average Bonchev–Trinajstić information content (AvgIpc) is 3.18. The summed E-state index contributed by atoms with van der Waals surface area (Å²) in [5, 5.41) is 27.7. The van der Waals surface area contributed by atoms with Gasteiger partial charge in [-0.2, -0.15) is 10.5 Å². The van der Waals surface area contributed by atoms with Crippen molar-refractivity contribution in [1.29, 1.82) is 10.5 Å². The van der Waals surface area contributed by atoms with Gasteiger partial charge in [0.2, 0.25) is 5.91 Å². The zero-order chi connectivity index (χ0) is 22.5. The highest BCUT2D eigenvalue weighted by Gasteiger charge is 2.18. The highest BCUT2D eigenvalue weighted by Crippen LogP contribution is 2.26. The van der Waals surface area contributed by atoms with Crippen molar-refractivity contribution < 1.29 is 4.79 Å². The zero-order valence-electron chi connectivity index (χ0n) is 17.8. The van der Waals surface area contributed by atoms with E-state index in [-0.39, 0.29) is 24.5 Å². The van der Waals surface area contributed by atoms with Crippen molar-refractivity contribution in [1.82, 2.24) is 19.7 Å². The third-order valence-corrected chi connectivity index (χ3v) is 5.92. The van der Waals surface area contributed by atoms with Crippen molar-refractivity contribution in [3.05, 3.63) is 29.3 Å². The molecule has 9 heteroatoms. The van der Waals surface area contributed by atoms with Gasteiger partial charge in [0.05, 0.1) is 30.7 Å². The molecule has 2 rings (SSSR count). The quantitative estimate of drug-likeness (QED) is 0.312. The van der Waals surface area contributed by atoms with E-state index in [0.717, 1.165) is 37.2 Å². The van der Waals surface area contributed by atoms with Crippen LogP contribution in [0.2, 0.25) is 5.02 Å². The summed E-state index contributed by atoms with van der Waals surface area (Å²) >= 11 is 7.36.